The molecule has 1 amide bonds. The number of ether oxygens (including phenoxy) is 1. The molecule has 2 rings (SSSR count). The van der Waals surface area contributed by atoms with Gasteiger partial charge in [0, 0.05) is 31.2 Å². The first-order valence-electron chi connectivity index (χ1n) is 7.24. The van der Waals surface area contributed by atoms with E-state index in [1.54, 1.807) is 18.2 Å². The number of nitrogens with one attached hydrogen (secondary N) is 1. The van der Waals surface area contributed by atoms with Crippen LogP contribution >= 0.6 is 11.6 Å². The van der Waals surface area contributed by atoms with E-state index in [-0.39, 0.29) is 5.91 Å². The number of nitrogens with zero attached hydrogens (tertiary/aromatic N) is 2. The zero-order chi connectivity index (χ0) is 15.2. The summed E-state index contributed by atoms with van der Waals surface area (Å²) in [7, 11) is 2.08. The summed E-state index contributed by atoms with van der Waals surface area (Å²) in [6.45, 7) is 5.49. The fourth-order valence-corrected chi connectivity index (χ4v) is 2.35. The van der Waals surface area contributed by atoms with Gasteiger partial charge < -0.3 is 9.64 Å². The van der Waals surface area contributed by atoms with Crippen LogP contribution in [0.1, 0.15) is 13.3 Å². The van der Waals surface area contributed by atoms with Gasteiger partial charge in [0.15, 0.2) is 6.10 Å². The molecule has 1 aliphatic heterocycles. The quantitative estimate of drug-likeness (QED) is 0.900. The minimum absolute atomic E-state index is 0.109. The van der Waals surface area contributed by atoms with Crippen molar-refractivity contribution < 1.29 is 9.53 Å². The first-order valence-corrected chi connectivity index (χ1v) is 7.62. The van der Waals surface area contributed by atoms with Gasteiger partial charge >= 0.3 is 0 Å². The van der Waals surface area contributed by atoms with Gasteiger partial charge in [-0.2, -0.15) is 0 Å². The van der Waals surface area contributed by atoms with E-state index in [2.05, 4.69) is 17.4 Å². The van der Waals surface area contributed by atoms with Crippen LogP contribution in [0.3, 0.4) is 0 Å². The fourth-order valence-electron chi connectivity index (χ4n) is 2.17. The smallest absolute Gasteiger partial charge is 0.275 e. The normalized spacial score (nSPS) is 18.2. The molecule has 0 saturated carbocycles. The maximum atomic E-state index is 12.3. The van der Waals surface area contributed by atoms with Gasteiger partial charge in [-0.1, -0.05) is 24.6 Å². The number of carbonyl (C=O) groups is 1. The van der Waals surface area contributed by atoms with Crippen molar-refractivity contribution in [2.24, 2.45) is 0 Å². The molecule has 21 heavy (non-hydrogen) atoms. The predicted octanol–water partition coefficient (Wildman–Crippen LogP) is 1.78. The molecule has 1 aliphatic rings. The van der Waals surface area contributed by atoms with Crippen LogP contribution in [0.5, 0.6) is 5.75 Å². The van der Waals surface area contributed by atoms with Crippen molar-refractivity contribution in [2.75, 3.05) is 33.2 Å². The van der Waals surface area contributed by atoms with Gasteiger partial charge in [-0.3, -0.25) is 10.2 Å². The number of halogens is 1. The number of rotatable bonds is 5. The first kappa shape index (κ1) is 16.1. The van der Waals surface area contributed by atoms with E-state index in [9.17, 15) is 4.79 Å². The number of hydrazine groups is 1. The Hall–Kier alpha value is -1.30. The van der Waals surface area contributed by atoms with Crippen molar-refractivity contribution >= 4 is 17.5 Å². The van der Waals surface area contributed by atoms with Crippen molar-refractivity contribution in [3.63, 3.8) is 0 Å². The molecule has 1 saturated heterocycles. The standard InChI is InChI=1S/C15H22ClN3O2/c1-3-14(21-13-6-4-5-12(16)11-13)15(20)17-19-9-7-18(2)8-10-19/h4-6,11,14H,3,7-10H2,1-2H3,(H,17,20)/t14-/m1/s1. The minimum Gasteiger partial charge on any atom is -0.481 e. The molecule has 5 nitrogen and oxygen atoms in total. The lowest BCUT2D eigenvalue weighted by Gasteiger charge is -2.33. The molecule has 116 valence electrons. The van der Waals surface area contributed by atoms with Crippen molar-refractivity contribution in [3.8, 4) is 5.75 Å². The Bertz CT molecular complexity index is 476. The Morgan fingerprint density at radius 3 is 2.71 bits per heavy atom. The molecule has 0 bridgehead atoms. The average Bonchev–Trinajstić information content (AvgIpc) is 2.47. The van der Waals surface area contributed by atoms with Crippen LogP contribution in [0.4, 0.5) is 0 Å². The van der Waals surface area contributed by atoms with Gasteiger partial charge in [0.25, 0.3) is 5.91 Å². The fraction of sp³-hybridized carbons (Fsp3) is 0.533. The highest BCUT2D eigenvalue weighted by molar-refractivity contribution is 6.30. The molecule has 1 N–H and O–H groups in total. The molecule has 0 radical (unpaired) electrons. The average molecular weight is 312 g/mol. The zero-order valence-corrected chi connectivity index (χ0v) is 13.3. The van der Waals surface area contributed by atoms with Gasteiger partial charge in [0.05, 0.1) is 0 Å². The largest absolute Gasteiger partial charge is 0.481 e. The van der Waals surface area contributed by atoms with E-state index in [4.69, 9.17) is 16.3 Å². The van der Waals surface area contributed by atoms with Crippen molar-refractivity contribution in [3.05, 3.63) is 29.3 Å². The highest BCUT2D eigenvalue weighted by Crippen LogP contribution is 2.19. The summed E-state index contributed by atoms with van der Waals surface area (Å²) in [6, 6.07) is 7.10. The van der Waals surface area contributed by atoms with Crippen LogP contribution in [0, 0.1) is 0 Å². The second-order valence-corrected chi connectivity index (χ2v) is 5.67. The molecule has 1 aromatic carbocycles. The lowest BCUT2D eigenvalue weighted by molar-refractivity contribution is -0.134. The van der Waals surface area contributed by atoms with E-state index in [1.165, 1.54) is 0 Å². The monoisotopic (exact) mass is 311 g/mol. The number of hydrogen-bond donors (Lipinski definition) is 1. The lowest BCUT2D eigenvalue weighted by atomic mass is 10.2. The molecule has 0 unspecified atom stereocenters. The Labute approximate surface area is 130 Å². The molecular weight excluding hydrogens is 290 g/mol. The number of likely N-dealkylation sites (N-methyl/N-ethyl adjacent to an activating group) is 1. The number of hydrogen-bond acceptors (Lipinski definition) is 4. The van der Waals surface area contributed by atoms with Crippen molar-refractivity contribution in [1.82, 2.24) is 15.3 Å². The maximum absolute atomic E-state index is 12.3. The second kappa shape index (κ2) is 7.64. The Morgan fingerprint density at radius 2 is 2.10 bits per heavy atom. The van der Waals surface area contributed by atoms with Gasteiger partial charge in [-0.25, -0.2) is 5.01 Å². The summed E-state index contributed by atoms with van der Waals surface area (Å²) in [5, 5.41) is 2.55. The molecule has 1 heterocycles. The molecule has 0 aromatic heterocycles. The summed E-state index contributed by atoms with van der Waals surface area (Å²) in [6.07, 6.45) is 0.0923. The van der Waals surface area contributed by atoms with E-state index in [0.717, 1.165) is 26.2 Å². The summed E-state index contributed by atoms with van der Waals surface area (Å²) in [5.74, 6) is 0.505. The number of amides is 1. The Balaban J connectivity index is 1.89. The van der Waals surface area contributed by atoms with Crippen LogP contribution < -0.4 is 10.2 Å². The van der Waals surface area contributed by atoms with Gasteiger partial charge in [0.1, 0.15) is 5.75 Å². The van der Waals surface area contributed by atoms with Crippen LogP contribution in [0.25, 0.3) is 0 Å². The number of benzene rings is 1. The minimum atomic E-state index is -0.511. The molecule has 1 atom stereocenters. The van der Waals surface area contributed by atoms with E-state index in [1.807, 2.05) is 18.0 Å². The highest BCUT2D eigenvalue weighted by Gasteiger charge is 2.22. The SMILES string of the molecule is CC[C@@H](Oc1cccc(Cl)c1)C(=O)NN1CCN(C)CC1. The van der Waals surface area contributed by atoms with Crippen LogP contribution in [-0.4, -0.2) is 55.1 Å². The van der Waals surface area contributed by atoms with Gasteiger partial charge in [-0.05, 0) is 31.7 Å². The topological polar surface area (TPSA) is 44.8 Å². The van der Waals surface area contributed by atoms with Crippen molar-refractivity contribution in [2.45, 2.75) is 19.4 Å². The van der Waals surface area contributed by atoms with E-state index >= 15 is 0 Å². The second-order valence-electron chi connectivity index (χ2n) is 5.24. The first-order chi connectivity index (χ1) is 10.1. The zero-order valence-electron chi connectivity index (χ0n) is 12.5. The molecule has 6 heteroatoms. The van der Waals surface area contributed by atoms with Gasteiger partial charge in [0.2, 0.25) is 0 Å². The van der Waals surface area contributed by atoms with Crippen LogP contribution in [0.2, 0.25) is 5.02 Å². The summed E-state index contributed by atoms with van der Waals surface area (Å²) in [5.41, 5.74) is 2.94. The molecular formula is C15H22ClN3O2. The highest BCUT2D eigenvalue weighted by atomic mass is 35.5. The Morgan fingerprint density at radius 1 is 1.38 bits per heavy atom. The number of piperazine rings is 1. The Kier molecular flexibility index (Phi) is 5.85. The van der Waals surface area contributed by atoms with E-state index < -0.39 is 6.10 Å². The third-order valence-electron chi connectivity index (χ3n) is 3.51. The van der Waals surface area contributed by atoms with Gasteiger partial charge in [-0.15, -0.1) is 0 Å². The van der Waals surface area contributed by atoms with Crippen LogP contribution in [0.15, 0.2) is 24.3 Å². The third kappa shape index (κ3) is 4.88. The predicted molar refractivity (Wildman–Crippen MR) is 83.4 cm³/mol. The van der Waals surface area contributed by atoms with Crippen molar-refractivity contribution in [1.29, 1.82) is 0 Å². The summed E-state index contributed by atoms with van der Waals surface area (Å²) in [4.78, 5) is 14.5. The van der Waals surface area contributed by atoms with Crippen LogP contribution in [-0.2, 0) is 4.79 Å². The third-order valence-corrected chi connectivity index (χ3v) is 3.74. The summed E-state index contributed by atoms with van der Waals surface area (Å²) < 4.78 is 5.74. The molecule has 1 fully saturated rings. The molecule has 0 spiro atoms. The molecule has 0 aliphatic carbocycles. The maximum Gasteiger partial charge on any atom is 0.275 e. The van der Waals surface area contributed by atoms with E-state index in [0.29, 0.717) is 17.2 Å². The number of carbonyl (C=O) groups excluding carboxylic acids is 1. The lowest BCUT2D eigenvalue weighted by Crippen LogP contribution is -2.55. The molecule has 1 aromatic rings. The summed E-state index contributed by atoms with van der Waals surface area (Å²) >= 11 is 5.93.